The summed E-state index contributed by atoms with van der Waals surface area (Å²) < 4.78 is 21.2. The topological polar surface area (TPSA) is 36.9 Å². The molecule has 1 rings (SSSR count). The van der Waals surface area contributed by atoms with Gasteiger partial charge in [-0.25, -0.2) is 0 Å². The SMILES string of the molecule is COc1cc(OC)cc(OCCOC(C)C)c1. The van der Waals surface area contributed by atoms with E-state index < -0.39 is 0 Å². The summed E-state index contributed by atoms with van der Waals surface area (Å²) in [7, 11) is 3.22. The summed E-state index contributed by atoms with van der Waals surface area (Å²) in [4.78, 5) is 0. The zero-order chi connectivity index (χ0) is 12.7. The largest absolute Gasteiger partial charge is 0.496 e. The lowest BCUT2D eigenvalue weighted by atomic mass is 10.3. The summed E-state index contributed by atoms with van der Waals surface area (Å²) in [5, 5.41) is 0. The van der Waals surface area contributed by atoms with Gasteiger partial charge in [0.2, 0.25) is 0 Å². The lowest BCUT2D eigenvalue weighted by Gasteiger charge is -2.11. The standard InChI is InChI=1S/C13H20O4/c1-10(2)16-5-6-17-13-8-11(14-3)7-12(9-13)15-4/h7-10H,5-6H2,1-4H3. The van der Waals surface area contributed by atoms with Crippen LogP contribution in [-0.4, -0.2) is 33.5 Å². The number of rotatable bonds is 7. The Morgan fingerprint density at radius 3 is 1.88 bits per heavy atom. The maximum absolute atomic E-state index is 5.56. The molecule has 0 aromatic heterocycles. The summed E-state index contributed by atoms with van der Waals surface area (Å²) in [6.45, 7) is 5.06. The molecular formula is C13H20O4. The number of ether oxygens (including phenoxy) is 4. The highest BCUT2D eigenvalue weighted by Crippen LogP contribution is 2.27. The van der Waals surface area contributed by atoms with E-state index in [0.717, 1.165) is 0 Å². The van der Waals surface area contributed by atoms with Crippen molar-refractivity contribution in [1.29, 1.82) is 0 Å². The van der Waals surface area contributed by atoms with Gasteiger partial charge in [0.25, 0.3) is 0 Å². The highest BCUT2D eigenvalue weighted by atomic mass is 16.5. The van der Waals surface area contributed by atoms with Gasteiger partial charge in [0.1, 0.15) is 23.9 Å². The fourth-order valence-corrected chi connectivity index (χ4v) is 1.31. The van der Waals surface area contributed by atoms with Crippen molar-refractivity contribution in [1.82, 2.24) is 0 Å². The molecule has 0 bridgehead atoms. The molecule has 0 N–H and O–H groups in total. The minimum Gasteiger partial charge on any atom is -0.496 e. The molecule has 0 saturated carbocycles. The Bertz CT molecular complexity index is 314. The Morgan fingerprint density at radius 2 is 1.41 bits per heavy atom. The Kier molecular flexibility index (Phi) is 5.63. The maximum atomic E-state index is 5.56. The third kappa shape index (κ3) is 4.95. The quantitative estimate of drug-likeness (QED) is 0.686. The van der Waals surface area contributed by atoms with Crippen LogP contribution in [0.1, 0.15) is 13.8 Å². The Balaban J connectivity index is 2.51. The fraction of sp³-hybridized carbons (Fsp3) is 0.538. The van der Waals surface area contributed by atoms with Gasteiger partial charge in [0, 0.05) is 18.2 Å². The van der Waals surface area contributed by atoms with E-state index in [1.165, 1.54) is 0 Å². The molecule has 0 aliphatic carbocycles. The lowest BCUT2D eigenvalue weighted by molar-refractivity contribution is 0.0551. The summed E-state index contributed by atoms with van der Waals surface area (Å²) in [6, 6.07) is 5.44. The van der Waals surface area contributed by atoms with Crippen LogP contribution in [-0.2, 0) is 4.74 Å². The van der Waals surface area contributed by atoms with Crippen LogP contribution in [0.3, 0.4) is 0 Å². The zero-order valence-electron chi connectivity index (χ0n) is 10.9. The second kappa shape index (κ2) is 7.01. The molecule has 0 fully saturated rings. The molecule has 0 radical (unpaired) electrons. The molecule has 0 aliphatic rings. The van der Waals surface area contributed by atoms with Crippen molar-refractivity contribution in [3.05, 3.63) is 18.2 Å². The van der Waals surface area contributed by atoms with E-state index >= 15 is 0 Å². The number of hydrogen-bond acceptors (Lipinski definition) is 4. The van der Waals surface area contributed by atoms with Crippen molar-refractivity contribution < 1.29 is 18.9 Å². The van der Waals surface area contributed by atoms with E-state index in [1.807, 2.05) is 26.0 Å². The van der Waals surface area contributed by atoms with Crippen molar-refractivity contribution in [2.24, 2.45) is 0 Å². The summed E-state index contributed by atoms with van der Waals surface area (Å²) in [5.74, 6) is 2.14. The first kappa shape index (κ1) is 13.6. The van der Waals surface area contributed by atoms with Crippen LogP contribution >= 0.6 is 0 Å². The van der Waals surface area contributed by atoms with Crippen LogP contribution in [0.5, 0.6) is 17.2 Å². The molecule has 0 spiro atoms. The van der Waals surface area contributed by atoms with Gasteiger partial charge in [-0.2, -0.15) is 0 Å². The van der Waals surface area contributed by atoms with Gasteiger partial charge in [0.15, 0.2) is 0 Å². The van der Waals surface area contributed by atoms with Gasteiger partial charge in [-0.3, -0.25) is 0 Å². The molecule has 0 amide bonds. The van der Waals surface area contributed by atoms with Crippen molar-refractivity contribution in [3.63, 3.8) is 0 Å². The molecule has 0 aliphatic heterocycles. The first-order valence-electron chi connectivity index (χ1n) is 5.63. The zero-order valence-corrected chi connectivity index (χ0v) is 10.9. The van der Waals surface area contributed by atoms with Gasteiger partial charge in [-0.15, -0.1) is 0 Å². The van der Waals surface area contributed by atoms with Crippen molar-refractivity contribution in [2.45, 2.75) is 20.0 Å². The van der Waals surface area contributed by atoms with E-state index in [4.69, 9.17) is 18.9 Å². The second-order valence-corrected chi connectivity index (χ2v) is 3.82. The summed E-state index contributed by atoms with van der Waals surface area (Å²) >= 11 is 0. The van der Waals surface area contributed by atoms with Crippen molar-refractivity contribution in [2.75, 3.05) is 27.4 Å². The predicted molar refractivity (Wildman–Crippen MR) is 66.1 cm³/mol. The van der Waals surface area contributed by atoms with E-state index in [1.54, 1.807) is 20.3 Å². The molecule has 4 heteroatoms. The Labute approximate surface area is 102 Å². The van der Waals surface area contributed by atoms with Crippen LogP contribution in [0, 0.1) is 0 Å². The molecule has 96 valence electrons. The van der Waals surface area contributed by atoms with Crippen LogP contribution in [0.25, 0.3) is 0 Å². The van der Waals surface area contributed by atoms with E-state index in [2.05, 4.69) is 0 Å². The van der Waals surface area contributed by atoms with E-state index in [9.17, 15) is 0 Å². The van der Waals surface area contributed by atoms with E-state index in [0.29, 0.717) is 30.5 Å². The van der Waals surface area contributed by atoms with Crippen LogP contribution < -0.4 is 14.2 Å². The van der Waals surface area contributed by atoms with Crippen LogP contribution in [0.4, 0.5) is 0 Å². The highest BCUT2D eigenvalue weighted by Gasteiger charge is 2.03. The van der Waals surface area contributed by atoms with Gasteiger partial charge in [-0.1, -0.05) is 0 Å². The second-order valence-electron chi connectivity index (χ2n) is 3.82. The molecular weight excluding hydrogens is 220 g/mol. The molecule has 0 atom stereocenters. The molecule has 4 nitrogen and oxygen atoms in total. The molecule has 0 unspecified atom stereocenters. The fourth-order valence-electron chi connectivity index (χ4n) is 1.31. The average molecular weight is 240 g/mol. The van der Waals surface area contributed by atoms with Gasteiger partial charge < -0.3 is 18.9 Å². The van der Waals surface area contributed by atoms with E-state index in [-0.39, 0.29) is 6.10 Å². The summed E-state index contributed by atoms with van der Waals surface area (Å²) in [6.07, 6.45) is 0.221. The predicted octanol–water partition coefficient (Wildman–Crippen LogP) is 2.51. The third-order valence-electron chi connectivity index (χ3n) is 2.13. The van der Waals surface area contributed by atoms with Crippen LogP contribution in [0.2, 0.25) is 0 Å². The van der Waals surface area contributed by atoms with Gasteiger partial charge >= 0.3 is 0 Å². The molecule has 0 saturated heterocycles. The lowest BCUT2D eigenvalue weighted by Crippen LogP contribution is -2.11. The number of hydrogen-bond donors (Lipinski definition) is 0. The minimum absolute atomic E-state index is 0.221. The average Bonchev–Trinajstić information content (AvgIpc) is 2.34. The minimum atomic E-state index is 0.221. The van der Waals surface area contributed by atoms with Crippen molar-refractivity contribution in [3.8, 4) is 17.2 Å². The number of benzene rings is 1. The van der Waals surface area contributed by atoms with Crippen molar-refractivity contribution >= 4 is 0 Å². The first-order chi connectivity index (χ1) is 8.15. The Morgan fingerprint density at radius 1 is 0.882 bits per heavy atom. The number of methoxy groups -OCH3 is 2. The van der Waals surface area contributed by atoms with Gasteiger partial charge in [-0.05, 0) is 13.8 Å². The Hall–Kier alpha value is -1.42. The summed E-state index contributed by atoms with van der Waals surface area (Å²) in [5.41, 5.74) is 0. The molecule has 0 heterocycles. The first-order valence-corrected chi connectivity index (χ1v) is 5.63. The maximum Gasteiger partial charge on any atom is 0.126 e. The molecule has 1 aromatic rings. The molecule has 17 heavy (non-hydrogen) atoms. The monoisotopic (exact) mass is 240 g/mol. The smallest absolute Gasteiger partial charge is 0.126 e. The highest BCUT2D eigenvalue weighted by molar-refractivity contribution is 5.41. The molecule has 1 aromatic carbocycles. The third-order valence-corrected chi connectivity index (χ3v) is 2.13. The normalized spacial score (nSPS) is 10.4. The van der Waals surface area contributed by atoms with Crippen LogP contribution in [0.15, 0.2) is 18.2 Å². The van der Waals surface area contributed by atoms with Gasteiger partial charge in [0.05, 0.1) is 26.9 Å².